The predicted molar refractivity (Wildman–Crippen MR) is 44.3 cm³/mol. The molecule has 1 aromatic heterocycles. The molecule has 70 valence electrons. The number of nitro groups is 1. The standard InChI is InChI=1S/C4H7N7O2/c5-9-3-2(11(12)13)1-7-4(8-3)10-6/h1H,5-6H2,(H2,7,8,9,10). The van der Waals surface area contributed by atoms with E-state index in [2.05, 4.69) is 20.8 Å². The van der Waals surface area contributed by atoms with E-state index in [1.165, 1.54) is 0 Å². The lowest BCUT2D eigenvalue weighted by atomic mass is 10.5. The highest BCUT2D eigenvalue weighted by atomic mass is 16.6. The largest absolute Gasteiger partial charge is 0.330 e. The molecule has 0 fully saturated rings. The highest BCUT2D eigenvalue weighted by Gasteiger charge is 2.15. The molecule has 0 radical (unpaired) electrons. The van der Waals surface area contributed by atoms with Crippen molar-refractivity contribution in [3.8, 4) is 0 Å². The molecule has 1 aromatic rings. The molecule has 1 heterocycles. The van der Waals surface area contributed by atoms with Gasteiger partial charge in [-0.05, 0) is 0 Å². The van der Waals surface area contributed by atoms with E-state index in [4.69, 9.17) is 11.7 Å². The summed E-state index contributed by atoms with van der Waals surface area (Å²) in [6.45, 7) is 0. The van der Waals surface area contributed by atoms with Gasteiger partial charge in [-0.1, -0.05) is 0 Å². The molecule has 0 saturated heterocycles. The molecule has 0 atom stereocenters. The summed E-state index contributed by atoms with van der Waals surface area (Å²) < 4.78 is 0. The molecule has 0 aliphatic carbocycles. The van der Waals surface area contributed by atoms with E-state index >= 15 is 0 Å². The lowest BCUT2D eigenvalue weighted by molar-refractivity contribution is -0.384. The topological polar surface area (TPSA) is 145 Å². The first-order valence-electron chi connectivity index (χ1n) is 3.13. The Balaban J connectivity index is 3.15. The molecular formula is C4H7N7O2. The van der Waals surface area contributed by atoms with Crippen LogP contribution in [0.2, 0.25) is 0 Å². The first-order valence-corrected chi connectivity index (χ1v) is 3.13. The van der Waals surface area contributed by atoms with Gasteiger partial charge in [0.2, 0.25) is 11.8 Å². The molecule has 0 amide bonds. The fraction of sp³-hybridized carbons (Fsp3) is 0. The zero-order valence-electron chi connectivity index (χ0n) is 6.39. The van der Waals surface area contributed by atoms with Crippen molar-refractivity contribution >= 4 is 17.5 Å². The Morgan fingerprint density at radius 3 is 2.62 bits per heavy atom. The van der Waals surface area contributed by atoms with Crippen molar-refractivity contribution in [3.05, 3.63) is 16.3 Å². The van der Waals surface area contributed by atoms with Crippen molar-refractivity contribution in [3.63, 3.8) is 0 Å². The normalized spacial score (nSPS) is 9.38. The monoisotopic (exact) mass is 185 g/mol. The summed E-state index contributed by atoms with van der Waals surface area (Å²) in [5.41, 5.74) is 3.87. The molecule has 0 spiro atoms. The summed E-state index contributed by atoms with van der Waals surface area (Å²) in [4.78, 5) is 16.8. The first kappa shape index (κ1) is 9.09. The zero-order valence-corrected chi connectivity index (χ0v) is 6.39. The van der Waals surface area contributed by atoms with Gasteiger partial charge in [-0.25, -0.2) is 16.7 Å². The third-order valence-electron chi connectivity index (χ3n) is 1.23. The number of nitrogen functional groups attached to an aromatic ring is 2. The summed E-state index contributed by atoms with van der Waals surface area (Å²) >= 11 is 0. The van der Waals surface area contributed by atoms with E-state index in [1.54, 1.807) is 0 Å². The van der Waals surface area contributed by atoms with E-state index in [-0.39, 0.29) is 17.5 Å². The van der Waals surface area contributed by atoms with Crippen molar-refractivity contribution in [2.75, 3.05) is 10.9 Å². The predicted octanol–water partition coefficient (Wildman–Crippen LogP) is -1.04. The van der Waals surface area contributed by atoms with Gasteiger partial charge in [0, 0.05) is 0 Å². The van der Waals surface area contributed by atoms with E-state index in [9.17, 15) is 10.1 Å². The highest BCUT2D eigenvalue weighted by Crippen LogP contribution is 2.19. The van der Waals surface area contributed by atoms with E-state index in [1.807, 2.05) is 0 Å². The molecule has 0 unspecified atom stereocenters. The number of hydrazine groups is 2. The van der Waals surface area contributed by atoms with Crippen LogP contribution in [-0.4, -0.2) is 14.9 Å². The Bertz CT molecular complexity index is 326. The van der Waals surface area contributed by atoms with E-state index < -0.39 is 4.92 Å². The second-order valence-corrected chi connectivity index (χ2v) is 1.97. The average Bonchev–Trinajstić information content (AvgIpc) is 2.16. The lowest BCUT2D eigenvalue weighted by Gasteiger charge is -2.01. The summed E-state index contributed by atoms with van der Waals surface area (Å²) in [5, 5.41) is 10.4. The second-order valence-electron chi connectivity index (χ2n) is 1.97. The minimum atomic E-state index is -0.657. The van der Waals surface area contributed by atoms with Gasteiger partial charge in [-0.15, -0.1) is 0 Å². The summed E-state index contributed by atoms with van der Waals surface area (Å²) in [6, 6.07) is 0. The molecule has 13 heavy (non-hydrogen) atoms. The van der Waals surface area contributed by atoms with Crippen LogP contribution in [0.4, 0.5) is 17.5 Å². The van der Waals surface area contributed by atoms with Gasteiger partial charge in [0.1, 0.15) is 6.20 Å². The Hall–Kier alpha value is -2.00. The van der Waals surface area contributed by atoms with Crippen LogP contribution >= 0.6 is 0 Å². The number of rotatable bonds is 3. The molecule has 9 heteroatoms. The van der Waals surface area contributed by atoms with Crippen LogP contribution in [0.15, 0.2) is 6.20 Å². The number of nitrogens with two attached hydrogens (primary N) is 2. The Labute approximate surface area is 72.2 Å². The molecule has 0 aliphatic rings. The van der Waals surface area contributed by atoms with Crippen molar-refractivity contribution in [1.82, 2.24) is 9.97 Å². The summed E-state index contributed by atoms with van der Waals surface area (Å²) in [6.07, 6.45) is 0.997. The van der Waals surface area contributed by atoms with Crippen molar-refractivity contribution in [2.24, 2.45) is 11.7 Å². The van der Waals surface area contributed by atoms with Gasteiger partial charge in [0.05, 0.1) is 4.92 Å². The quantitative estimate of drug-likeness (QED) is 0.265. The van der Waals surface area contributed by atoms with E-state index in [0.29, 0.717) is 0 Å². The number of hydrogen-bond donors (Lipinski definition) is 4. The lowest BCUT2D eigenvalue weighted by Crippen LogP contribution is -2.15. The van der Waals surface area contributed by atoms with Crippen LogP contribution in [0.5, 0.6) is 0 Å². The van der Waals surface area contributed by atoms with Crippen LogP contribution in [0, 0.1) is 10.1 Å². The molecule has 6 N–H and O–H groups in total. The van der Waals surface area contributed by atoms with Crippen LogP contribution < -0.4 is 22.5 Å². The Morgan fingerprint density at radius 1 is 1.46 bits per heavy atom. The molecule has 0 aliphatic heterocycles. The molecular weight excluding hydrogens is 178 g/mol. The molecule has 9 nitrogen and oxygen atoms in total. The fourth-order valence-corrected chi connectivity index (χ4v) is 0.685. The van der Waals surface area contributed by atoms with Crippen molar-refractivity contribution < 1.29 is 4.92 Å². The van der Waals surface area contributed by atoms with Gasteiger partial charge in [-0.2, -0.15) is 4.98 Å². The third kappa shape index (κ3) is 1.77. The van der Waals surface area contributed by atoms with Crippen LogP contribution in [0.3, 0.4) is 0 Å². The maximum absolute atomic E-state index is 10.4. The Morgan fingerprint density at radius 2 is 2.15 bits per heavy atom. The maximum atomic E-state index is 10.4. The first-order chi connectivity index (χ1) is 6.19. The van der Waals surface area contributed by atoms with Crippen molar-refractivity contribution in [2.45, 2.75) is 0 Å². The molecule has 0 aromatic carbocycles. The van der Waals surface area contributed by atoms with Crippen LogP contribution in [0.1, 0.15) is 0 Å². The highest BCUT2D eigenvalue weighted by molar-refractivity contribution is 5.55. The minimum absolute atomic E-state index is 0.0403. The number of aromatic nitrogens is 2. The smallest absolute Gasteiger partial charge is 0.303 e. The zero-order chi connectivity index (χ0) is 9.84. The maximum Gasteiger partial charge on any atom is 0.330 e. The van der Waals surface area contributed by atoms with E-state index in [0.717, 1.165) is 6.20 Å². The number of hydrogen-bond acceptors (Lipinski definition) is 8. The number of anilines is 2. The van der Waals surface area contributed by atoms with Gasteiger partial charge in [0.25, 0.3) is 0 Å². The molecule has 1 rings (SSSR count). The Kier molecular flexibility index (Phi) is 2.52. The van der Waals surface area contributed by atoms with Crippen LogP contribution in [-0.2, 0) is 0 Å². The fourth-order valence-electron chi connectivity index (χ4n) is 0.685. The number of nitrogens with one attached hydrogen (secondary N) is 2. The summed E-state index contributed by atoms with van der Waals surface area (Å²) in [5.74, 6) is 9.92. The SMILES string of the molecule is NNc1ncc([N+](=O)[O-])c(NN)n1. The average molecular weight is 185 g/mol. The van der Waals surface area contributed by atoms with Gasteiger partial charge in [0.15, 0.2) is 0 Å². The van der Waals surface area contributed by atoms with Crippen molar-refractivity contribution in [1.29, 1.82) is 0 Å². The second kappa shape index (κ2) is 3.60. The van der Waals surface area contributed by atoms with Gasteiger partial charge in [-0.3, -0.25) is 15.5 Å². The minimum Gasteiger partial charge on any atom is -0.303 e. The van der Waals surface area contributed by atoms with Crippen LogP contribution in [0.25, 0.3) is 0 Å². The third-order valence-corrected chi connectivity index (χ3v) is 1.23. The summed E-state index contributed by atoms with van der Waals surface area (Å²) in [7, 11) is 0. The molecule has 0 bridgehead atoms. The van der Waals surface area contributed by atoms with Gasteiger partial charge < -0.3 is 5.43 Å². The number of nitrogens with zero attached hydrogens (tertiary/aromatic N) is 3. The van der Waals surface area contributed by atoms with Gasteiger partial charge >= 0.3 is 5.69 Å². The molecule has 0 saturated carbocycles.